The molecule has 1 aliphatic heterocycles. The topological polar surface area (TPSA) is 24.5 Å². The molecular formula is C20H34N2O. The number of ether oxygens (including phenoxy) is 1. The maximum atomic E-state index is 5.80. The first kappa shape index (κ1) is 18.3. The Bertz CT molecular complexity index is 399. The highest BCUT2D eigenvalue weighted by atomic mass is 16.5. The van der Waals surface area contributed by atoms with Crippen LogP contribution < -0.4 is 10.1 Å². The molecule has 1 saturated heterocycles. The second-order valence-electron chi connectivity index (χ2n) is 6.60. The molecule has 1 N–H and O–H groups in total. The summed E-state index contributed by atoms with van der Waals surface area (Å²) in [6.07, 6.45) is 8.81. The largest absolute Gasteiger partial charge is 0.494 e. The lowest BCUT2D eigenvalue weighted by Crippen LogP contribution is -2.43. The van der Waals surface area contributed by atoms with Gasteiger partial charge >= 0.3 is 0 Å². The number of piperazine rings is 1. The van der Waals surface area contributed by atoms with Gasteiger partial charge in [-0.15, -0.1) is 0 Å². The zero-order chi connectivity index (χ0) is 16.2. The lowest BCUT2D eigenvalue weighted by Gasteiger charge is -2.27. The summed E-state index contributed by atoms with van der Waals surface area (Å²) in [6.45, 7) is 9.07. The van der Waals surface area contributed by atoms with E-state index in [-0.39, 0.29) is 0 Å². The smallest absolute Gasteiger partial charge is 0.119 e. The summed E-state index contributed by atoms with van der Waals surface area (Å²) in [5, 5.41) is 3.41. The highest BCUT2D eigenvalue weighted by Gasteiger charge is 2.08. The first-order valence-electron chi connectivity index (χ1n) is 9.53. The molecule has 0 unspecified atom stereocenters. The summed E-state index contributed by atoms with van der Waals surface area (Å²) in [4.78, 5) is 2.58. The minimum Gasteiger partial charge on any atom is -0.494 e. The summed E-state index contributed by atoms with van der Waals surface area (Å²) in [5.74, 6) is 1.02. The fourth-order valence-corrected chi connectivity index (χ4v) is 3.07. The third-order valence-corrected chi connectivity index (χ3v) is 4.59. The number of hydrogen-bond donors (Lipinski definition) is 1. The van der Waals surface area contributed by atoms with E-state index in [0.717, 1.165) is 25.4 Å². The van der Waals surface area contributed by atoms with E-state index in [1.165, 1.54) is 70.1 Å². The van der Waals surface area contributed by atoms with Crippen molar-refractivity contribution >= 4 is 0 Å². The van der Waals surface area contributed by atoms with Crippen molar-refractivity contribution in [3.63, 3.8) is 0 Å². The summed E-state index contributed by atoms with van der Waals surface area (Å²) >= 11 is 0. The van der Waals surface area contributed by atoms with E-state index in [9.17, 15) is 0 Å². The van der Waals surface area contributed by atoms with Gasteiger partial charge in [-0.25, -0.2) is 0 Å². The van der Waals surface area contributed by atoms with E-state index < -0.39 is 0 Å². The Morgan fingerprint density at radius 2 is 1.74 bits per heavy atom. The molecule has 130 valence electrons. The number of rotatable bonds is 11. The van der Waals surface area contributed by atoms with Gasteiger partial charge < -0.3 is 15.0 Å². The van der Waals surface area contributed by atoms with Gasteiger partial charge in [-0.2, -0.15) is 0 Å². The molecule has 1 aliphatic rings. The monoisotopic (exact) mass is 318 g/mol. The Morgan fingerprint density at radius 3 is 2.48 bits per heavy atom. The quantitative estimate of drug-likeness (QED) is 0.627. The van der Waals surface area contributed by atoms with Gasteiger partial charge in [0.05, 0.1) is 6.61 Å². The van der Waals surface area contributed by atoms with Gasteiger partial charge in [0.15, 0.2) is 0 Å². The highest BCUT2D eigenvalue weighted by molar-refractivity contribution is 5.27. The molecule has 0 atom stereocenters. The van der Waals surface area contributed by atoms with Crippen LogP contribution in [0.3, 0.4) is 0 Å². The predicted molar refractivity (Wildman–Crippen MR) is 98.3 cm³/mol. The molecule has 3 nitrogen and oxygen atoms in total. The van der Waals surface area contributed by atoms with Gasteiger partial charge in [0, 0.05) is 26.2 Å². The summed E-state index contributed by atoms with van der Waals surface area (Å²) in [6, 6.07) is 8.72. The number of nitrogens with zero attached hydrogens (tertiary/aromatic N) is 1. The zero-order valence-electron chi connectivity index (χ0n) is 14.9. The number of aryl methyl sites for hydroxylation is 1. The van der Waals surface area contributed by atoms with Gasteiger partial charge in [0.2, 0.25) is 0 Å². The molecule has 23 heavy (non-hydrogen) atoms. The molecule has 0 aromatic heterocycles. The maximum Gasteiger partial charge on any atom is 0.119 e. The van der Waals surface area contributed by atoms with Crippen molar-refractivity contribution in [2.24, 2.45) is 0 Å². The normalized spacial score (nSPS) is 15.7. The van der Waals surface area contributed by atoms with Crippen LogP contribution in [0.25, 0.3) is 0 Å². The highest BCUT2D eigenvalue weighted by Crippen LogP contribution is 2.15. The van der Waals surface area contributed by atoms with E-state index in [2.05, 4.69) is 41.4 Å². The lowest BCUT2D eigenvalue weighted by atomic mass is 10.1. The molecule has 0 aliphatic carbocycles. The molecule has 1 aromatic carbocycles. The molecule has 0 spiro atoms. The Kier molecular flexibility index (Phi) is 9.12. The molecule has 1 heterocycles. The zero-order valence-corrected chi connectivity index (χ0v) is 14.9. The number of unbranched alkanes of at least 4 members (excludes halogenated alkanes) is 4. The molecule has 0 bridgehead atoms. The first-order chi connectivity index (χ1) is 11.4. The van der Waals surface area contributed by atoms with E-state index >= 15 is 0 Å². The van der Waals surface area contributed by atoms with Crippen LogP contribution in [0.1, 0.15) is 51.0 Å². The fraction of sp³-hybridized carbons (Fsp3) is 0.700. The summed E-state index contributed by atoms with van der Waals surface area (Å²) < 4.78 is 5.80. The van der Waals surface area contributed by atoms with Crippen LogP contribution in [-0.2, 0) is 6.42 Å². The van der Waals surface area contributed by atoms with Crippen LogP contribution in [0.5, 0.6) is 5.75 Å². The van der Waals surface area contributed by atoms with Gasteiger partial charge in [-0.3, -0.25) is 0 Å². The van der Waals surface area contributed by atoms with Crippen molar-refractivity contribution in [3.05, 3.63) is 29.8 Å². The molecule has 1 aromatic rings. The second kappa shape index (κ2) is 11.5. The average Bonchev–Trinajstić information content (AvgIpc) is 2.61. The predicted octanol–water partition coefficient (Wildman–Crippen LogP) is 3.87. The Labute approximate surface area is 142 Å². The van der Waals surface area contributed by atoms with Crippen LogP contribution in [0.2, 0.25) is 0 Å². The van der Waals surface area contributed by atoms with Crippen molar-refractivity contribution in [1.29, 1.82) is 0 Å². The average molecular weight is 319 g/mol. The van der Waals surface area contributed by atoms with Crippen LogP contribution >= 0.6 is 0 Å². The number of hydrogen-bond acceptors (Lipinski definition) is 3. The van der Waals surface area contributed by atoms with Crippen molar-refractivity contribution in [3.8, 4) is 5.75 Å². The summed E-state index contributed by atoms with van der Waals surface area (Å²) in [5.41, 5.74) is 1.43. The molecule has 1 fully saturated rings. The van der Waals surface area contributed by atoms with Crippen molar-refractivity contribution < 1.29 is 4.74 Å². The molecule has 0 radical (unpaired) electrons. The number of nitrogens with one attached hydrogen (secondary N) is 1. The van der Waals surface area contributed by atoms with Crippen LogP contribution in [0.4, 0.5) is 0 Å². The van der Waals surface area contributed by atoms with Gasteiger partial charge in [0.1, 0.15) is 5.75 Å². The van der Waals surface area contributed by atoms with Gasteiger partial charge in [-0.05, 0) is 49.9 Å². The Balaban J connectivity index is 1.55. The molecule has 0 amide bonds. The minimum absolute atomic E-state index is 0.851. The number of benzene rings is 1. The third-order valence-electron chi connectivity index (χ3n) is 4.59. The van der Waals surface area contributed by atoms with E-state index in [0.29, 0.717) is 0 Å². The minimum atomic E-state index is 0.851. The van der Waals surface area contributed by atoms with E-state index in [1.807, 2.05) is 0 Å². The third kappa shape index (κ3) is 7.85. The van der Waals surface area contributed by atoms with Crippen LogP contribution in [0.15, 0.2) is 24.3 Å². The Hall–Kier alpha value is -1.06. The van der Waals surface area contributed by atoms with Crippen molar-refractivity contribution in [2.45, 2.75) is 51.9 Å². The van der Waals surface area contributed by atoms with Gasteiger partial charge in [0.25, 0.3) is 0 Å². The van der Waals surface area contributed by atoms with E-state index in [1.54, 1.807) is 0 Å². The molecule has 3 heteroatoms. The lowest BCUT2D eigenvalue weighted by molar-refractivity contribution is 0.237. The van der Waals surface area contributed by atoms with Crippen LogP contribution in [-0.4, -0.2) is 44.2 Å². The second-order valence-corrected chi connectivity index (χ2v) is 6.60. The maximum absolute atomic E-state index is 5.80. The van der Waals surface area contributed by atoms with E-state index in [4.69, 9.17) is 4.74 Å². The Morgan fingerprint density at radius 1 is 0.957 bits per heavy atom. The molecular weight excluding hydrogens is 284 g/mol. The first-order valence-corrected chi connectivity index (χ1v) is 9.53. The SMILES string of the molecule is CCCCCCOc1ccc(CCCCN2CCNCC2)cc1. The van der Waals surface area contributed by atoms with Crippen LogP contribution in [0, 0.1) is 0 Å². The molecule has 0 saturated carbocycles. The standard InChI is InChI=1S/C20H34N2O/c1-2-3-4-7-18-23-20-11-9-19(10-12-20)8-5-6-15-22-16-13-21-14-17-22/h9-12,21H,2-8,13-18H2,1H3. The van der Waals surface area contributed by atoms with Gasteiger partial charge in [-0.1, -0.05) is 38.3 Å². The summed E-state index contributed by atoms with van der Waals surface area (Å²) in [7, 11) is 0. The fourth-order valence-electron chi connectivity index (χ4n) is 3.07. The van der Waals surface area contributed by atoms with Crippen molar-refractivity contribution in [1.82, 2.24) is 10.2 Å². The van der Waals surface area contributed by atoms with Crippen molar-refractivity contribution in [2.75, 3.05) is 39.3 Å². The molecule has 2 rings (SSSR count).